The molecule has 2 rings (SSSR count). The van der Waals surface area contributed by atoms with Crippen molar-refractivity contribution in [2.45, 2.75) is 6.92 Å². The lowest BCUT2D eigenvalue weighted by Crippen LogP contribution is -2.25. The third-order valence-electron chi connectivity index (χ3n) is 2.96. The Balaban J connectivity index is 1.78. The van der Waals surface area contributed by atoms with E-state index in [4.69, 9.17) is 27.9 Å². The van der Waals surface area contributed by atoms with E-state index in [1.807, 2.05) is 31.2 Å². The molecule has 126 valence electrons. The quantitative estimate of drug-likeness (QED) is 0.576. The van der Waals surface area contributed by atoms with Gasteiger partial charge in [0.25, 0.3) is 5.91 Å². The lowest BCUT2D eigenvalue weighted by molar-refractivity contribution is -0.119. The van der Waals surface area contributed by atoms with Crippen molar-refractivity contribution in [1.82, 2.24) is 5.43 Å². The molecular weight excluding hydrogens is 349 g/mol. The standard InChI is InChI=1S/C17H17Cl2N3O2/c1-2-24-14-6-4-13(5-7-14)20-11-17(23)22-21-10-12-3-8-15(18)16(19)9-12/h3-10,20H,2,11H2,1H3,(H,22,23)/b21-10-. The lowest BCUT2D eigenvalue weighted by Gasteiger charge is -2.07. The molecule has 0 saturated heterocycles. The smallest absolute Gasteiger partial charge is 0.259 e. The molecule has 2 N–H and O–H groups in total. The largest absolute Gasteiger partial charge is 0.494 e. The molecule has 2 aromatic carbocycles. The number of nitrogens with one attached hydrogen (secondary N) is 2. The monoisotopic (exact) mass is 365 g/mol. The summed E-state index contributed by atoms with van der Waals surface area (Å²) in [7, 11) is 0. The highest BCUT2D eigenvalue weighted by Crippen LogP contribution is 2.21. The minimum Gasteiger partial charge on any atom is -0.494 e. The summed E-state index contributed by atoms with van der Waals surface area (Å²) < 4.78 is 5.35. The second-order valence-corrected chi connectivity index (χ2v) is 5.59. The number of anilines is 1. The molecule has 0 heterocycles. The maximum atomic E-state index is 11.7. The molecule has 0 bridgehead atoms. The van der Waals surface area contributed by atoms with E-state index in [1.165, 1.54) is 6.21 Å². The Morgan fingerprint density at radius 1 is 1.17 bits per heavy atom. The number of carbonyl (C=O) groups excluding carboxylic acids is 1. The number of ether oxygens (including phenoxy) is 1. The number of rotatable bonds is 7. The topological polar surface area (TPSA) is 62.7 Å². The minimum absolute atomic E-state index is 0.104. The summed E-state index contributed by atoms with van der Waals surface area (Å²) in [4.78, 5) is 11.7. The van der Waals surface area contributed by atoms with Gasteiger partial charge >= 0.3 is 0 Å². The highest BCUT2D eigenvalue weighted by atomic mass is 35.5. The highest BCUT2D eigenvalue weighted by Gasteiger charge is 2.01. The minimum atomic E-state index is -0.264. The van der Waals surface area contributed by atoms with Crippen molar-refractivity contribution in [3.8, 4) is 5.75 Å². The zero-order valence-corrected chi connectivity index (χ0v) is 14.6. The van der Waals surface area contributed by atoms with Gasteiger partial charge < -0.3 is 10.1 Å². The summed E-state index contributed by atoms with van der Waals surface area (Å²) >= 11 is 11.7. The summed E-state index contributed by atoms with van der Waals surface area (Å²) in [5.74, 6) is 0.527. The van der Waals surface area contributed by atoms with E-state index in [0.29, 0.717) is 16.7 Å². The first kappa shape index (κ1) is 18.1. The van der Waals surface area contributed by atoms with Crippen molar-refractivity contribution in [3.05, 3.63) is 58.1 Å². The number of carbonyl (C=O) groups is 1. The van der Waals surface area contributed by atoms with Crippen LogP contribution >= 0.6 is 23.2 Å². The Morgan fingerprint density at radius 2 is 1.92 bits per heavy atom. The average molecular weight is 366 g/mol. The molecular formula is C17H17Cl2N3O2. The molecule has 24 heavy (non-hydrogen) atoms. The number of hydrogen-bond donors (Lipinski definition) is 2. The maximum Gasteiger partial charge on any atom is 0.259 e. The van der Waals surface area contributed by atoms with Crippen molar-refractivity contribution in [2.75, 3.05) is 18.5 Å². The summed E-state index contributed by atoms with van der Waals surface area (Å²) in [5.41, 5.74) is 4.00. The fraction of sp³-hybridized carbons (Fsp3) is 0.176. The zero-order chi connectivity index (χ0) is 17.4. The van der Waals surface area contributed by atoms with Crippen LogP contribution in [0.15, 0.2) is 47.6 Å². The number of benzene rings is 2. The van der Waals surface area contributed by atoms with E-state index in [1.54, 1.807) is 18.2 Å². The van der Waals surface area contributed by atoms with Gasteiger partial charge in [-0.3, -0.25) is 4.79 Å². The van der Waals surface area contributed by atoms with Crippen LogP contribution in [0.25, 0.3) is 0 Å². The SMILES string of the molecule is CCOc1ccc(NCC(=O)N/N=C\c2ccc(Cl)c(Cl)c2)cc1. The molecule has 2 aromatic rings. The molecule has 0 saturated carbocycles. The lowest BCUT2D eigenvalue weighted by atomic mass is 10.2. The van der Waals surface area contributed by atoms with E-state index < -0.39 is 0 Å². The van der Waals surface area contributed by atoms with Crippen LogP contribution in [0.2, 0.25) is 10.0 Å². The van der Waals surface area contributed by atoms with E-state index in [-0.39, 0.29) is 12.5 Å². The Labute approximate surface area is 150 Å². The summed E-state index contributed by atoms with van der Waals surface area (Å²) in [6.45, 7) is 2.65. The van der Waals surface area contributed by atoms with Gasteiger partial charge in [-0.25, -0.2) is 5.43 Å². The number of halogens is 2. The molecule has 0 radical (unpaired) electrons. The van der Waals surface area contributed by atoms with Gasteiger partial charge in [0.1, 0.15) is 5.75 Å². The Hall–Kier alpha value is -2.24. The van der Waals surface area contributed by atoms with Crippen LogP contribution in [0.3, 0.4) is 0 Å². The normalized spacial score (nSPS) is 10.6. The van der Waals surface area contributed by atoms with Crippen molar-refractivity contribution >= 4 is 41.0 Å². The molecule has 0 unspecified atom stereocenters. The molecule has 1 amide bonds. The highest BCUT2D eigenvalue weighted by molar-refractivity contribution is 6.42. The third-order valence-corrected chi connectivity index (χ3v) is 3.70. The number of amides is 1. The average Bonchev–Trinajstić information content (AvgIpc) is 2.58. The second-order valence-electron chi connectivity index (χ2n) is 4.78. The molecule has 0 atom stereocenters. The molecule has 0 aliphatic carbocycles. The van der Waals surface area contributed by atoms with E-state index in [0.717, 1.165) is 17.0 Å². The van der Waals surface area contributed by atoms with E-state index >= 15 is 0 Å². The number of nitrogens with zero attached hydrogens (tertiary/aromatic N) is 1. The van der Waals surface area contributed by atoms with Gasteiger partial charge in [0.15, 0.2) is 0 Å². The molecule has 0 aromatic heterocycles. The van der Waals surface area contributed by atoms with Gasteiger partial charge in [0, 0.05) is 5.69 Å². The maximum absolute atomic E-state index is 11.7. The van der Waals surface area contributed by atoms with Crippen molar-refractivity contribution in [3.63, 3.8) is 0 Å². The fourth-order valence-electron chi connectivity index (χ4n) is 1.83. The van der Waals surface area contributed by atoms with Crippen LogP contribution in [-0.4, -0.2) is 25.3 Å². The Kier molecular flexibility index (Phi) is 6.90. The van der Waals surface area contributed by atoms with E-state index in [9.17, 15) is 4.79 Å². The van der Waals surface area contributed by atoms with Gasteiger partial charge in [0.05, 0.1) is 29.4 Å². The molecule has 0 aliphatic heterocycles. The summed E-state index contributed by atoms with van der Waals surface area (Å²) in [6.07, 6.45) is 1.50. The molecule has 7 heteroatoms. The first-order valence-electron chi connectivity index (χ1n) is 7.32. The van der Waals surface area contributed by atoms with E-state index in [2.05, 4.69) is 15.8 Å². The molecule has 0 spiro atoms. The zero-order valence-electron chi connectivity index (χ0n) is 13.1. The Bertz CT molecular complexity index is 718. The van der Waals surface area contributed by atoms with Crippen LogP contribution < -0.4 is 15.5 Å². The van der Waals surface area contributed by atoms with Crippen LogP contribution in [0.4, 0.5) is 5.69 Å². The Morgan fingerprint density at radius 3 is 2.58 bits per heavy atom. The molecule has 0 fully saturated rings. The molecule has 0 aliphatic rings. The fourth-order valence-corrected chi connectivity index (χ4v) is 2.14. The van der Waals surface area contributed by atoms with Crippen LogP contribution in [-0.2, 0) is 4.79 Å². The number of hydrogen-bond acceptors (Lipinski definition) is 4. The predicted octanol–water partition coefficient (Wildman–Crippen LogP) is 3.95. The van der Waals surface area contributed by atoms with Gasteiger partial charge in [-0.1, -0.05) is 29.3 Å². The van der Waals surface area contributed by atoms with Crippen molar-refractivity contribution in [2.24, 2.45) is 5.10 Å². The van der Waals surface area contributed by atoms with Gasteiger partial charge in [-0.05, 0) is 48.9 Å². The third kappa shape index (κ3) is 5.76. The van der Waals surface area contributed by atoms with Crippen LogP contribution in [0.1, 0.15) is 12.5 Å². The van der Waals surface area contributed by atoms with Crippen LogP contribution in [0.5, 0.6) is 5.75 Å². The summed E-state index contributed by atoms with van der Waals surface area (Å²) in [5, 5.41) is 7.78. The number of hydrazone groups is 1. The first-order chi connectivity index (χ1) is 11.6. The molecule has 5 nitrogen and oxygen atoms in total. The summed E-state index contributed by atoms with van der Waals surface area (Å²) in [6, 6.07) is 12.5. The first-order valence-corrected chi connectivity index (χ1v) is 8.07. The van der Waals surface area contributed by atoms with Crippen molar-refractivity contribution < 1.29 is 9.53 Å². The second kappa shape index (κ2) is 9.15. The van der Waals surface area contributed by atoms with Crippen molar-refractivity contribution in [1.29, 1.82) is 0 Å². The predicted molar refractivity (Wildman–Crippen MR) is 98.3 cm³/mol. The van der Waals surface area contributed by atoms with Gasteiger partial charge in [-0.2, -0.15) is 5.10 Å². The van der Waals surface area contributed by atoms with Crippen LogP contribution in [0, 0.1) is 0 Å². The van der Waals surface area contributed by atoms with Gasteiger partial charge in [-0.15, -0.1) is 0 Å². The van der Waals surface area contributed by atoms with Gasteiger partial charge in [0.2, 0.25) is 0 Å².